The summed E-state index contributed by atoms with van der Waals surface area (Å²) in [7, 11) is 2.23. The molecule has 0 bridgehead atoms. The fourth-order valence-corrected chi connectivity index (χ4v) is 2.54. The van der Waals surface area contributed by atoms with E-state index in [1.807, 2.05) is 0 Å². The molecule has 0 aliphatic carbocycles. The largest absolute Gasteiger partial charge is 0.379 e. The summed E-state index contributed by atoms with van der Waals surface area (Å²) in [6.07, 6.45) is 1.43. The summed E-state index contributed by atoms with van der Waals surface area (Å²) in [6.45, 7) is 4.12. The lowest BCUT2D eigenvalue weighted by Gasteiger charge is -2.15. The van der Waals surface area contributed by atoms with E-state index < -0.39 is 7.60 Å². The zero-order chi connectivity index (χ0) is 11.3. The van der Waals surface area contributed by atoms with Crippen molar-refractivity contribution in [2.45, 2.75) is 13.8 Å². The maximum absolute atomic E-state index is 12.2. The van der Waals surface area contributed by atoms with Crippen LogP contribution in [-0.4, -0.2) is 26.0 Å². The van der Waals surface area contributed by atoms with Crippen molar-refractivity contribution in [3.63, 3.8) is 0 Å². The van der Waals surface area contributed by atoms with E-state index in [9.17, 15) is 4.57 Å². The maximum atomic E-state index is 12.2. The van der Waals surface area contributed by atoms with Crippen molar-refractivity contribution in [2.24, 2.45) is 0 Å². The third kappa shape index (κ3) is 3.16. The van der Waals surface area contributed by atoms with Crippen LogP contribution in [0.3, 0.4) is 0 Å². The van der Waals surface area contributed by atoms with Crippen molar-refractivity contribution >= 4 is 26.3 Å². The molecular formula is C9H13BNO3P. The highest BCUT2D eigenvalue weighted by Gasteiger charge is 2.27. The van der Waals surface area contributed by atoms with E-state index in [4.69, 9.17) is 16.9 Å². The molecule has 4 nitrogen and oxygen atoms in total. The molecule has 0 saturated heterocycles. The Kier molecular flexibility index (Phi) is 4.52. The van der Waals surface area contributed by atoms with E-state index >= 15 is 0 Å². The first-order chi connectivity index (χ1) is 7.12. The van der Waals surface area contributed by atoms with Gasteiger partial charge in [0.25, 0.3) is 0 Å². The zero-order valence-corrected chi connectivity index (χ0v) is 9.74. The molecule has 0 amide bonds. The van der Waals surface area contributed by atoms with Crippen LogP contribution in [0, 0.1) is 0 Å². The van der Waals surface area contributed by atoms with Gasteiger partial charge in [-0.05, 0) is 19.9 Å². The molecule has 0 N–H and O–H groups in total. The second-order valence-electron chi connectivity index (χ2n) is 2.78. The van der Waals surface area contributed by atoms with Crippen molar-refractivity contribution in [2.75, 3.05) is 13.2 Å². The van der Waals surface area contributed by atoms with Crippen molar-refractivity contribution < 1.29 is 13.6 Å². The average Bonchev–Trinajstić information content (AvgIpc) is 2.19. The molecule has 1 rings (SSSR count). The Balaban J connectivity index is 2.98. The number of rotatable bonds is 5. The summed E-state index contributed by atoms with van der Waals surface area (Å²) in [6, 6.07) is 3.18. The molecule has 0 fully saturated rings. The van der Waals surface area contributed by atoms with Gasteiger partial charge >= 0.3 is 7.60 Å². The van der Waals surface area contributed by atoms with E-state index in [2.05, 4.69) is 4.98 Å². The normalized spacial score (nSPS) is 11.6. The fraction of sp³-hybridized carbons (Fsp3) is 0.444. The number of pyridine rings is 1. The molecular weight excluding hydrogens is 212 g/mol. The Morgan fingerprint density at radius 2 is 1.93 bits per heavy atom. The van der Waals surface area contributed by atoms with Gasteiger partial charge in [-0.1, -0.05) is 11.5 Å². The molecule has 80 valence electrons. The van der Waals surface area contributed by atoms with E-state index in [0.717, 1.165) is 0 Å². The fourth-order valence-electron chi connectivity index (χ4n) is 1.07. The maximum Gasteiger partial charge on any atom is 0.379 e. The van der Waals surface area contributed by atoms with Crippen molar-refractivity contribution in [1.82, 2.24) is 4.98 Å². The van der Waals surface area contributed by atoms with Crippen LogP contribution >= 0.6 is 7.60 Å². The minimum atomic E-state index is -3.26. The third-order valence-corrected chi connectivity index (χ3v) is 3.67. The van der Waals surface area contributed by atoms with E-state index in [1.165, 1.54) is 6.20 Å². The lowest BCUT2D eigenvalue weighted by atomic mass is 9.99. The highest BCUT2D eigenvalue weighted by Crippen LogP contribution is 2.45. The lowest BCUT2D eigenvalue weighted by molar-refractivity contribution is 0.229. The van der Waals surface area contributed by atoms with Crippen LogP contribution in [-0.2, 0) is 13.6 Å². The van der Waals surface area contributed by atoms with Gasteiger partial charge in [0.2, 0.25) is 0 Å². The molecule has 0 atom stereocenters. The summed E-state index contributed by atoms with van der Waals surface area (Å²) in [5.41, 5.74) is 0.804. The predicted octanol–water partition coefficient (Wildman–Crippen LogP) is 0.767. The number of nitrogens with zero attached hydrogens (tertiary/aromatic N) is 1. The number of hydrogen-bond donors (Lipinski definition) is 0. The second-order valence-corrected chi connectivity index (χ2v) is 4.75. The van der Waals surface area contributed by atoms with Crippen LogP contribution in [0.15, 0.2) is 18.3 Å². The topological polar surface area (TPSA) is 48.4 Å². The van der Waals surface area contributed by atoms with Crippen molar-refractivity contribution in [3.8, 4) is 0 Å². The minimum absolute atomic E-state index is 0.292. The summed E-state index contributed by atoms with van der Waals surface area (Å²) in [4.78, 5) is 3.95. The summed E-state index contributed by atoms with van der Waals surface area (Å²) >= 11 is 0. The third-order valence-electron chi connectivity index (χ3n) is 1.65. The van der Waals surface area contributed by atoms with Crippen LogP contribution < -0.4 is 10.9 Å². The zero-order valence-electron chi connectivity index (χ0n) is 8.84. The Hall–Kier alpha value is -0.635. The standard InChI is InChI=1S/C9H13BNO3P/c1-3-13-15(12,14-4-2)9-6-5-8(10)7-11-9/h5-7H,3-4H2,1-2H3. The monoisotopic (exact) mass is 225 g/mol. The van der Waals surface area contributed by atoms with Crippen LogP contribution in [0.1, 0.15) is 13.8 Å². The second kappa shape index (κ2) is 5.45. The SMILES string of the molecule is [B]c1ccc(P(=O)(OCC)OCC)nc1. The molecule has 1 aromatic rings. The smallest absolute Gasteiger partial charge is 0.304 e. The van der Waals surface area contributed by atoms with Gasteiger partial charge in [-0.2, -0.15) is 0 Å². The van der Waals surface area contributed by atoms with Gasteiger partial charge in [-0.25, -0.2) is 4.98 Å². The minimum Gasteiger partial charge on any atom is -0.304 e. The summed E-state index contributed by atoms with van der Waals surface area (Å²) in [5.74, 6) is 0. The molecule has 0 aromatic carbocycles. The van der Waals surface area contributed by atoms with Crippen LogP contribution in [0.2, 0.25) is 0 Å². The number of hydrogen-bond acceptors (Lipinski definition) is 4. The summed E-state index contributed by atoms with van der Waals surface area (Å²) < 4.78 is 22.4. The Bertz CT molecular complexity index is 345. The molecule has 15 heavy (non-hydrogen) atoms. The Morgan fingerprint density at radius 1 is 1.33 bits per heavy atom. The quantitative estimate of drug-likeness (QED) is 0.548. The van der Waals surface area contributed by atoms with Crippen LogP contribution in [0.25, 0.3) is 0 Å². The summed E-state index contributed by atoms with van der Waals surface area (Å²) in [5, 5.41) is 0. The average molecular weight is 225 g/mol. The Labute approximate surface area is 91.0 Å². The highest BCUT2D eigenvalue weighted by atomic mass is 31.2. The first-order valence-corrected chi connectivity index (χ1v) is 6.28. The van der Waals surface area contributed by atoms with Gasteiger partial charge in [-0.15, -0.1) is 0 Å². The molecule has 6 heteroatoms. The molecule has 2 radical (unpaired) electrons. The van der Waals surface area contributed by atoms with E-state index in [-0.39, 0.29) is 0 Å². The molecule has 1 heterocycles. The number of aromatic nitrogens is 1. The van der Waals surface area contributed by atoms with Gasteiger partial charge in [0.05, 0.1) is 13.2 Å². The molecule has 1 aromatic heterocycles. The van der Waals surface area contributed by atoms with Gasteiger partial charge in [0, 0.05) is 6.20 Å². The Morgan fingerprint density at radius 3 is 2.33 bits per heavy atom. The first-order valence-electron chi connectivity index (χ1n) is 4.73. The lowest BCUT2D eigenvalue weighted by Crippen LogP contribution is -2.17. The molecule has 0 spiro atoms. The highest BCUT2D eigenvalue weighted by molar-refractivity contribution is 7.61. The van der Waals surface area contributed by atoms with Crippen LogP contribution in [0.5, 0.6) is 0 Å². The molecule has 0 aliphatic rings. The van der Waals surface area contributed by atoms with Gasteiger partial charge < -0.3 is 9.05 Å². The predicted molar refractivity (Wildman–Crippen MR) is 60.1 cm³/mol. The molecule has 0 saturated carbocycles. The van der Waals surface area contributed by atoms with Gasteiger partial charge in [-0.3, -0.25) is 4.57 Å². The first kappa shape index (κ1) is 12.4. The molecule has 0 aliphatic heterocycles. The van der Waals surface area contributed by atoms with E-state index in [1.54, 1.807) is 26.0 Å². The van der Waals surface area contributed by atoms with E-state index in [0.29, 0.717) is 24.1 Å². The van der Waals surface area contributed by atoms with Gasteiger partial charge in [0.1, 0.15) is 7.85 Å². The molecule has 0 unspecified atom stereocenters. The van der Waals surface area contributed by atoms with Crippen LogP contribution in [0.4, 0.5) is 0 Å². The van der Waals surface area contributed by atoms with Crippen molar-refractivity contribution in [1.29, 1.82) is 0 Å². The van der Waals surface area contributed by atoms with Gasteiger partial charge in [0.15, 0.2) is 5.44 Å². The van der Waals surface area contributed by atoms with Crippen molar-refractivity contribution in [3.05, 3.63) is 18.3 Å².